The van der Waals surface area contributed by atoms with Gasteiger partial charge in [0.15, 0.2) is 11.5 Å². The van der Waals surface area contributed by atoms with Gasteiger partial charge in [-0.3, -0.25) is 0 Å². The zero-order chi connectivity index (χ0) is 32.7. The van der Waals surface area contributed by atoms with Crippen molar-refractivity contribution in [1.29, 1.82) is 0 Å². The number of thiophene rings is 1. The SMILES string of the molecule is CCC(F)(F)CC(F)(F)CCCOCC1(COCCCC(F)(F)CC(F)(F)CC(F)(F)F)COc2c(C)sc(C)c2OC1. The molecule has 1 aromatic heterocycles. The second-order valence-electron chi connectivity index (χ2n) is 11.2. The molecule has 43 heavy (non-hydrogen) atoms. The average Bonchev–Trinajstić information content (AvgIpc) is 2.96. The second-order valence-corrected chi connectivity index (χ2v) is 12.6. The molecule has 1 aliphatic heterocycles. The number of fused-ring (bicyclic) bond motifs is 1. The Morgan fingerprint density at radius 1 is 0.651 bits per heavy atom. The summed E-state index contributed by atoms with van der Waals surface area (Å²) in [6.07, 6.45) is -15.1. The van der Waals surface area contributed by atoms with Gasteiger partial charge in [0.1, 0.15) is 19.6 Å². The van der Waals surface area contributed by atoms with Crippen molar-refractivity contribution in [2.45, 2.75) is 102 Å². The molecule has 0 spiro atoms. The second kappa shape index (κ2) is 14.7. The highest BCUT2D eigenvalue weighted by Crippen LogP contribution is 2.45. The van der Waals surface area contributed by atoms with E-state index >= 15 is 0 Å². The summed E-state index contributed by atoms with van der Waals surface area (Å²) in [4.78, 5) is 1.64. The third-order valence-corrected chi connectivity index (χ3v) is 7.67. The lowest BCUT2D eigenvalue weighted by Crippen LogP contribution is -2.43. The topological polar surface area (TPSA) is 36.9 Å². The minimum absolute atomic E-state index is 0.0459. The summed E-state index contributed by atoms with van der Waals surface area (Å²) in [6.45, 7) is 3.70. The Balaban J connectivity index is 1.93. The Hall–Kier alpha value is -1.55. The van der Waals surface area contributed by atoms with Crippen LogP contribution in [0.3, 0.4) is 0 Å². The van der Waals surface area contributed by atoms with Crippen molar-refractivity contribution in [3.8, 4) is 11.5 Å². The minimum atomic E-state index is -5.30. The molecule has 2 heterocycles. The molecule has 0 aliphatic carbocycles. The first kappa shape index (κ1) is 37.6. The molecule has 0 saturated carbocycles. The van der Waals surface area contributed by atoms with Gasteiger partial charge < -0.3 is 18.9 Å². The van der Waals surface area contributed by atoms with Gasteiger partial charge in [-0.15, -0.1) is 11.3 Å². The fourth-order valence-electron chi connectivity index (χ4n) is 4.53. The molecule has 0 radical (unpaired) electrons. The van der Waals surface area contributed by atoms with E-state index in [-0.39, 0.29) is 46.1 Å². The van der Waals surface area contributed by atoms with Crippen LogP contribution in [0.25, 0.3) is 0 Å². The van der Waals surface area contributed by atoms with Crippen LogP contribution in [0.2, 0.25) is 0 Å². The molecule has 0 bridgehead atoms. The van der Waals surface area contributed by atoms with Crippen molar-refractivity contribution in [2.75, 3.05) is 39.6 Å². The highest BCUT2D eigenvalue weighted by Gasteiger charge is 2.49. The number of rotatable bonds is 18. The van der Waals surface area contributed by atoms with Crippen LogP contribution < -0.4 is 9.47 Å². The maximum atomic E-state index is 14.0. The van der Waals surface area contributed by atoms with Crippen LogP contribution in [0.1, 0.15) is 68.0 Å². The lowest BCUT2D eigenvalue weighted by Gasteiger charge is -2.31. The fourth-order valence-corrected chi connectivity index (χ4v) is 5.48. The van der Waals surface area contributed by atoms with Crippen LogP contribution in [0.15, 0.2) is 0 Å². The summed E-state index contributed by atoms with van der Waals surface area (Å²) < 4.78 is 169. The largest absolute Gasteiger partial charge is 0.488 e. The Kier molecular flexibility index (Phi) is 12.9. The van der Waals surface area contributed by atoms with E-state index in [0.29, 0.717) is 11.5 Å². The van der Waals surface area contributed by atoms with Crippen LogP contribution in [0.4, 0.5) is 48.3 Å². The van der Waals surface area contributed by atoms with Crippen LogP contribution >= 0.6 is 11.3 Å². The molecule has 0 saturated heterocycles. The van der Waals surface area contributed by atoms with Gasteiger partial charge in [-0.2, -0.15) is 13.2 Å². The molecule has 0 N–H and O–H groups in total. The fraction of sp³-hybridized carbons (Fsp3) is 0.852. The van der Waals surface area contributed by atoms with Gasteiger partial charge in [0.25, 0.3) is 23.7 Å². The summed E-state index contributed by atoms with van der Waals surface area (Å²) >= 11 is 1.44. The summed E-state index contributed by atoms with van der Waals surface area (Å²) in [6, 6.07) is 0. The number of alkyl halides is 11. The number of halogens is 11. The molecule has 4 nitrogen and oxygen atoms in total. The third kappa shape index (κ3) is 13.1. The van der Waals surface area contributed by atoms with Gasteiger partial charge in [0, 0.05) is 42.2 Å². The highest BCUT2D eigenvalue weighted by molar-refractivity contribution is 7.12. The molecule has 252 valence electrons. The van der Waals surface area contributed by atoms with Crippen molar-refractivity contribution in [1.82, 2.24) is 0 Å². The van der Waals surface area contributed by atoms with E-state index < -0.39 is 80.2 Å². The summed E-state index contributed by atoms with van der Waals surface area (Å²) in [7, 11) is 0. The van der Waals surface area contributed by atoms with E-state index in [4.69, 9.17) is 18.9 Å². The van der Waals surface area contributed by atoms with Gasteiger partial charge in [-0.25, -0.2) is 35.1 Å². The minimum Gasteiger partial charge on any atom is -0.488 e. The van der Waals surface area contributed by atoms with Crippen LogP contribution in [-0.2, 0) is 9.47 Å². The van der Waals surface area contributed by atoms with Crippen LogP contribution in [-0.4, -0.2) is 69.5 Å². The molecule has 0 aromatic carbocycles. The number of ether oxygens (including phenoxy) is 4. The number of hydrogen-bond donors (Lipinski definition) is 0. The maximum absolute atomic E-state index is 14.0. The Morgan fingerprint density at radius 3 is 1.47 bits per heavy atom. The number of hydrogen-bond acceptors (Lipinski definition) is 5. The summed E-state index contributed by atoms with van der Waals surface area (Å²) in [5.41, 5.74) is -1.06. The molecular weight excluding hydrogens is 629 g/mol. The van der Waals surface area contributed by atoms with Crippen molar-refractivity contribution < 1.29 is 67.2 Å². The number of aryl methyl sites for hydroxylation is 2. The normalized spacial score (nSPS) is 16.4. The lowest BCUT2D eigenvalue weighted by atomic mass is 9.92. The third-order valence-electron chi connectivity index (χ3n) is 6.69. The maximum Gasteiger partial charge on any atom is 0.394 e. The van der Waals surface area contributed by atoms with Crippen LogP contribution in [0.5, 0.6) is 11.5 Å². The van der Waals surface area contributed by atoms with E-state index in [2.05, 4.69) is 0 Å². The van der Waals surface area contributed by atoms with Crippen molar-refractivity contribution in [2.24, 2.45) is 5.41 Å². The smallest absolute Gasteiger partial charge is 0.394 e. The first-order chi connectivity index (χ1) is 19.6. The van der Waals surface area contributed by atoms with E-state index in [1.54, 1.807) is 13.8 Å². The zero-order valence-electron chi connectivity index (χ0n) is 24.1. The quantitative estimate of drug-likeness (QED) is 0.116. The molecule has 1 aliphatic rings. The molecule has 2 rings (SSSR count). The van der Waals surface area contributed by atoms with Gasteiger partial charge in [0.2, 0.25) is 0 Å². The Bertz CT molecular complexity index is 983. The first-order valence-electron chi connectivity index (χ1n) is 13.7. The van der Waals surface area contributed by atoms with Gasteiger partial charge in [-0.05, 0) is 26.7 Å². The predicted octanol–water partition coefficient (Wildman–Crippen LogP) is 9.40. The van der Waals surface area contributed by atoms with Gasteiger partial charge in [0.05, 0.1) is 31.5 Å². The van der Waals surface area contributed by atoms with E-state index in [0.717, 1.165) is 16.7 Å². The Morgan fingerprint density at radius 2 is 1.07 bits per heavy atom. The first-order valence-corrected chi connectivity index (χ1v) is 14.5. The summed E-state index contributed by atoms with van der Waals surface area (Å²) in [5.74, 6) is -14.8. The lowest BCUT2D eigenvalue weighted by molar-refractivity contribution is -0.206. The van der Waals surface area contributed by atoms with E-state index in [1.165, 1.54) is 11.3 Å². The zero-order valence-corrected chi connectivity index (χ0v) is 24.9. The van der Waals surface area contributed by atoms with Gasteiger partial charge >= 0.3 is 6.18 Å². The molecule has 16 heteroatoms. The molecule has 0 unspecified atom stereocenters. The monoisotopic (exact) mass is 666 g/mol. The summed E-state index contributed by atoms with van der Waals surface area (Å²) in [5, 5.41) is 0. The van der Waals surface area contributed by atoms with Crippen molar-refractivity contribution >= 4 is 11.3 Å². The Labute approximate surface area is 247 Å². The van der Waals surface area contributed by atoms with Crippen molar-refractivity contribution in [3.05, 3.63) is 9.75 Å². The molecule has 0 atom stereocenters. The molecule has 0 amide bonds. The van der Waals surface area contributed by atoms with Gasteiger partial charge in [-0.1, -0.05) is 6.92 Å². The standard InChI is InChI=1S/C27H37F11O4S/c1-4-23(28,29)11-24(30,31)7-5-9-39-14-22(16-41-20-18(2)43-19(3)21(20)42-17-22)15-40-10-6-8-25(32,33)12-26(34,35)13-27(36,37)38/h4-17H2,1-3H3. The molecule has 1 aromatic rings. The predicted molar refractivity (Wildman–Crippen MR) is 137 cm³/mol. The van der Waals surface area contributed by atoms with E-state index in [9.17, 15) is 48.3 Å². The van der Waals surface area contributed by atoms with E-state index in [1.807, 2.05) is 0 Å². The average molecular weight is 667 g/mol. The molecule has 0 fully saturated rings. The highest BCUT2D eigenvalue weighted by atomic mass is 32.1. The van der Waals surface area contributed by atoms with Crippen molar-refractivity contribution in [3.63, 3.8) is 0 Å². The molecular formula is C27H37F11O4S. The van der Waals surface area contributed by atoms with Crippen LogP contribution in [0, 0.1) is 19.3 Å².